The molecule has 2 aliphatic heterocycles. The number of fused-ring (bicyclic) bond motifs is 2. The molecule has 0 unspecified atom stereocenters. The number of aryl methyl sites for hydroxylation is 1. The molecule has 4 rings (SSSR count). The Bertz CT molecular complexity index is 802. The number of hydrogen-bond acceptors (Lipinski definition) is 6. The molecule has 2 aromatic heterocycles. The van der Waals surface area contributed by atoms with Gasteiger partial charge < -0.3 is 5.32 Å². The highest BCUT2D eigenvalue weighted by atomic mass is 32.2. The average Bonchev–Trinajstić information content (AvgIpc) is 3.17. The quantitative estimate of drug-likeness (QED) is 0.849. The minimum absolute atomic E-state index is 0.293. The van der Waals surface area contributed by atoms with Crippen LogP contribution in [0.25, 0.3) is 0 Å². The lowest BCUT2D eigenvalue weighted by Gasteiger charge is -2.16. The predicted molar refractivity (Wildman–Crippen MR) is 92.1 cm³/mol. The molecule has 4 heterocycles. The first-order valence-electron chi connectivity index (χ1n) is 7.57. The highest BCUT2D eigenvalue weighted by molar-refractivity contribution is 7.98. The molecule has 0 spiro atoms. The van der Waals surface area contributed by atoms with Gasteiger partial charge in [-0.15, -0.1) is 11.3 Å². The van der Waals surface area contributed by atoms with Gasteiger partial charge in [0.2, 0.25) is 10.0 Å². The second-order valence-corrected chi connectivity index (χ2v) is 9.71. The van der Waals surface area contributed by atoms with E-state index in [1.54, 1.807) is 16.0 Å². The maximum absolute atomic E-state index is 12.6. The van der Waals surface area contributed by atoms with Crippen molar-refractivity contribution in [3.63, 3.8) is 0 Å². The normalized spacial score (nSPS) is 17.7. The zero-order valence-electron chi connectivity index (χ0n) is 12.5. The summed E-state index contributed by atoms with van der Waals surface area (Å²) in [7, 11) is -3.53. The van der Waals surface area contributed by atoms with E-state index in [1.807, 2.05) is 11.8 Å². The topological polar surface area (TPSA) is 76.0 Å². The van der Waals surface area contributed by atoms with Crippen LogP contribution in [0.3, 0.4) is 0 Å². The number of hydrogen-bond donors (Lipinski definition) is 2. The number of sulfonamides is 1. The van der Waals surface area contributed by atoms with Crippen molar-refractivity contribution in [3.05, 3.63) is 33.3 Å². The van der Waals surface area contributed by atoms with Crippen LogP contribution in [0.5, 0.6) is 0 Å². The van der Waals surface area contributed by atoms with Crippen molar-refractivity contribution in [2.75, 3.05) is 12.3 Å². The molecule has 2 N–H and O–H groups in total. The molecule has 124 valence electrons. The first kappa shape index (κ1) is 15.6. The summed E-state index contributed by atoms with van der Waals surface area (Å²) in [6.45, 7) is 2.42. The van der Waals surface area contributed by atoms with Crippen LogP contribution in [0.2, 0.25) is 0 Å². The first-order valence-corrected chi connectivity index (χ1v) is 11.0. The van der Waals surface area contributed by atoms with E-state index in [0.29, 0.717) is 24.5 Å². The van der Waals surface area contributed by atoms with Gasteiger partial charge in [0.1, 0.15) is 4.90 Å². The smallest absolute Gasteiger partial charge is 0.244 e. The molecule has 0 aliphatic carbocycles. The van der Waals surface area contributed by atoms with Crippen LogP contribution < -0.4 is 10.0 Å². The van der Waals surface area contributed by atoms with Crippen molar-refractivity contribution in [2.24, 2.45) is 0 Å². The molecule has 0 saturated heterocycles. The Kier molecular flexibility index (Phi) is 4.22. The average molecular weight is 371 g/mol. The van der Waals surface area contributed by atoms with E-state index in [0.717, 1.165) is 35.0 Å². The van der Waals surface area contributed by atoms with E-state index in [9.17, 15) is 8.42 Å². The van der Waals surface area contributed by atoms with Crippen molar-refractivity contribution in [2.45, 2.75) is 36.7 Å². The third-order valence-corrected chi connectivity index (χ3v) is 7.80. The minimum Gasteiger partial charge on any atom is -0.309 e. The van der Waals surface area contributed by atoms with E-state index >= 15 is 0 Å². The van der Waals surface area contributed by atoms with Gasteiger partial charge in [-0.3, -0.25) is 4.68 Å². The Hall–Kier alpha value is -0.870. The van der Waals surface area contributed by atoms with E-state index < -0.39 is 10.0 Å². The van der Waals surface area contributed by atoms with E-state index in [4.69, 9.17) is 0 Å². The molecule has 0 saturated carbocycles. The molecule has 9 heteroatoms. The summed E-state index contributed by atoms with van der Waals surface area (Å²) in [5.41, 5.74) is 2.11. The third kappa shape index (κ3) is 3.08. The minimum atomic E-state index is -3.53. The molecule has 0 radical (unpaired) electrons. The van der Waals surface area contributed by atoms with Gasteiger partial charge in [0.25, 0.3) is 0 Å². The summed E-state index contributed by atoms with van der Waals surface area (Å²) in [5, 5.41) is 7.38. The molecule has 2 aliphatic rings. The van der Waals surface area contributed by atoms with Gasteiger partial charge in [0.15, 0.2) is 0 Å². The fraction of sp³-hybridized carbons (Fsp3) is 0.500. The standard InChI is InChI=1S/C14H18N4O2S3/c19-23(20,14-8-16-18-3-2-15-7-12(14)18)17-6-11-5-10-9-21-4-1-13(10)22-11/h5,8,15,17H,1-4,6-7,9H2. The summed E-state index contributed by atoms with van der Waals surface area (Å²) < 4.78 is 29.7. The van der Waals surface area contributed by atoms with Crippen molar-refractivity contribution in [1.82, 2.24) is 19.8 Å². The van der Waals surface area contributed by atoms with Gasteiger partial charge in [-0.05, 0) is 23.8 Å². The number of aromatic nitrogens is 2. The third-order valence-electron chi connectivity index (χ3n) is 4.11. The van der Waals surface area contributed by atoms with E-state index in [2.05, 4.69) is 21.2 Å². The largest absolute Gasteiger partial charge is 0.309 e. The van der Waals surface area contributed by atoms with E-state index in [-0.39, 0.29) is 0 Å². The Balaban J connectivity index is 1.51. The van der Waals surface area contributed by atoms with Crippen LogP contribution in [-0.4, -0.2) is 30.5 Å². The molecular formula is C14H18N4O2S3. The van der Waals surface area contributed by atoms with Gasteiger partial charge in [-0.2, -0.15) is 16.9 Å². The molecule has 0 amide bonds. The lowest BCUT2D eigenvalue weighted by Crippen LogP contribution is -2.31. The fourth-order valence-corrected chi connectivity index (χ4v) is 6.51. The zero-order chi connectivity index (χ0) is 15.9. The lowest BCUT2D eigenvalue weighted by molar-refractivity contribution is 0.469. The van der Waals surface area contributed by atoms with Gasteiger partial charge in [-0.1, -0.05) is 0 Å². The maximum Gasteiger partial charge on any atom is 0.244 e. The SMILES string of the molecule is O=S(=O)(NCc1cc2c(s1)CCSC2)c1cnn2c1CNCC2. The fourth-order valence-electron chi connectivity index (χ4n) is 2.92. The molecular weight excluding hydrogens is 352 g/mol. The van der Waals surface area contributed by atoms with Crippen LogP contribution >= 0.6 is 23.1 Å². The number of rotatable bonds is 4. The Morgan fingerprint density at radius 2 is 2.35 bits per heavy atom. The molecule has 0 aromatic carbocycles. The van der Waals surface area contributed by atoms with Crippen molar-refractivity contribution >= 4 is 33.1 Å². The van der Waals surface area contributed by atoms with Crippen molar-refractivity contribution < 1.29 is 8.42 Å². The monoisotopic (exact) mass is 370 g/mol. The van der Waals surface area contributed by atoms with Gasteiger partial charge in [0.05, 0.1) is 18.4 Å². The highest BCUT2D eigenvalue weighted by Crippen LogP contribution is 2.31. The zero-order valence-corrected chi connectivity index (χ0v) is 15.0. The van der Waals surface area contributed by atoms with Crippen LogP contribution in [0.1, 0.15) is 21.0 Å². The number of nitrogens with zero attached hydrogens (tertiary/aromatic N) is 2. The van der Waals surface area contributed by atoms with Crippen LogP contribution in [0.4, 0.5) is 0 Å². The molecule has 23 heavy (non-hydrogen) atoms. The second kappa shape index (κ2) is 6.21. The maximum atomic E-state index is 12.6. The molecule has 2 aromatic rings. The van der Waals surface area contributed by atoms with Crippen molar-refractivity contribution in [3.8, 4) is 0 Å². The van der Waals surface area contributed by atoms with Crippen molar-refractivity contribution in [1.29, 1.82) is 0 Å². The molecule has 6 nitrogen and oxygen atoms in total. The number of thiophene rings is 1. The van der Waals surface area contributed by atoms with Crippen LogP contribution in [0.15, 0.2) is 17.2 Å². The second-order valence-electron chi connectivity index (χ2n) is 5.64. The molecule has 0 fully saturated rings. The lowest BCUT2D eigenvalue weighted by atomic mass is 10.2. The highest BCUT2D eigenvalue weighted by Gasteiger charge is 2.25. The summed E-state index contributed by atoms with van der Waals surface area (Å²) in [4.78, 5) is 2.78. The van der Waals surface area contributed by atoms with Gasteiger partial charge >= 0.3 is 0 Å². The summed E-state index contributed by atoms with van der Waals surface area (Å²) in [6.07, 6.45) is 2.56. The summed E-state index contributed by atoms with van der Waals surface area (Å²) >= 11 is 3.67. The number of nitrogens with one attached hydrogen (secondary N) is 2. The number of thioether (sulfide) groups is 1. The van der Waals surface area contributed by atoms with Crippen LogP contribution in [0, 0.1) is 0 Å². The summed E-state index contributed by atoms with van der Waals surface area (Å²) in [6, 6.07) is 2.14. The molecule has 0 bridgehead atoms. The molecule has 0 atom stereocenters. The Labute approximate surface area is 143 Å². The Morgan fingerprint density at radius 3 is 3.22 bits per heavy atom. The summed E-state index contributed by atoms with van der Waals surface area (Å²) in [5.74, 6) is 2.20. The van der Waals surface area contributed by atoms with Gasteiger partial charge in [-0.25, -0.2) is 13.1 Å². The van der Waals surface area contributed by atoms with Gasteiger partial charge in [0, 0.05) is 35.1 Å². The predicted octanol–water partition coefficient (Wildman–Crippen LogP) is 1.32. The van der Waals surface area contributed by atoms with Crippen LogP contribution in [-0.2, 0) is 41.8 Å². The van der Waals surface area contributed by atoms with E-state index in [1.165, 1.54) is 16.6 Å². The Morgan fingerprint density at radius 1 is 1.43 bits per heavy atom. The first-order chi connectivity index (χ1) is 11.1.